The van der Waals surface area contributed by atoms with Crippen molar-refractivity contribution in [2.45, 2.75) is 30.7 Å². The van der Waals surface area contributed by atoms with E-state index in [0.29, 0.717) is 12.8 Å². The average Bonchev–Trinajstić information content (AvgIpc) is 3.05. The number of furan rings is 1. The lowest BCUT2D eigenvalue weighted by atomic mass is 10.1. The normalized spacial score (nSPS) is 13.0. The first-order chi connectivity index (χ1) is 12.1. The molecule has 26 heavy (non-hydrogen) atoms. The predicted molar refractivity (Wildman–Crippen MR) is 101 cm³/mol. The molecule has 6 nitrogen and oxygen atoms in total. The molecule has 0 bridgehead atoms. The van der Waals surface area contributed by atoms with Crippen molar-refractivity contribution in [1.29, 1.82) is 0 Å². The molecule has 0 spiro atoms. The highest BCUT2D eigenvalue weighted by Crippen LogP contribution is 2.30. The van der Waals surface area contributed by atoms with Crippen molar-refractivity contribution in [1.82, 2.24) is 9.62 Å². The van der Waals surface area contributed by atoms with Gasteiger partial charge in [-0.05, 0) is 37.6 Å². The summed E-state index contributed by atoms with van der Waals surface area (Å²) in [7, 11) is -1.03. The van der Waals surface area contributed by atoms with Crippen LogP contribution in [-0.4, -0.2) is 38.8 Å². The summed E-state index contributed by atoms with van der Waals surface area (Å²) in [6.07, 6.45) is 2.93. The number of carbonyl (C=O) groups excluding carboxylic acids is 1. The molecule has 2 rings (SSSR count). The molecule has 0 saturated heterocycles. The van der Waals surface area contributed by atoms with E-state index in [-0.39, 0.29) is 26.5 Å². The van der Waals surface area contributed by atoms with Crippen molar-refractivity contribution in [3.05, 3.63) is 51.9 Å². The van der Waals surface area contributed by atoms with Gasteiger partial charge in [0.1, 0.15) is 10.7 Å². The number of hydrogen-bond donors (Lipinski definition) is 1. The van der Waals surface area contributed by atoms with E-state index in [2.05, 4.69) is 5.32 Å². The summed E-state index contributed by atoms with van der Waals surface area (Å²) in [6, 6.07) is 5.98. The molecular weight excluding hydrogens is 399 g/mol. The highest BCUT2D eigenvalue weighted by Gasteiger charge is 2.25. The highest BCUT2D eigenvalue weighted by molar-refractivity contribution is 7.89. The third kappa shape index (κ3) is 4.79. The van der Waals surface area contributed by atoms with E-state index < -0.39 is 15.9 Å². The molecule has 0 fully saturated rings. The first-order valence-corrected chi connectivity index (χ1v) is 10.1. The van der Waals surface area contributed by atoms with Crippen LogP contribution in [0, 0.1) is 0 Å². The lowest BCUT2D eigenvalue weighted by Crippen LogP contribution is -2.33. The first-order valence-electron chi connectivity index (χ1n) is 7.87. The van der Waals surface area contributed by atoms with Gasteiger partial charge in [0.2, 0.25) is 10.0 Å². The van der Waals surface area contributed by atoms with Gasteiger partial charge in [0.15, 0.2) is 0 Å². The van der Waals surface area contributed by atoms with Crippen LogP contribution in [0.5, 0.6) is 0 Å². The second-order valence-corrected chi connectivity index (χ2v) is 8.98. The number of amides is 1. The van der Waals surface area contributed by atoms with Gasteiger partial charge in [-0.1, -0.05) is 23.2 Å². The Labute approximate surface area is 163 Å². The minimum absolute atomic E-state index is 0.0360. The van der Waals surface area contributed by atoms with E-state index >= 15 is 0 Å². The summed E-state index contributed by atoms with van der Waals surface area (Å²) in [5.41, 5.74) is 0.0568. The number of aryl methyl sites for hydroxylation is 1. The van der Waals surface area contributed by atoms with Crippen LogP contribution in [0.2, 0.25) is 10.0 Å². The summed E-state index contributed by atoms with van der Waals surface area (Å²) in [5, 5.41) is 2.86. The number of benzene rings is 1. The van der Waals surface area contributed by atoms with Crippen molar-refractivity contribution in [2.24, 2.45) is 0 Å². The maximum Gasteiger partial charge on any atom is 0.253 e. The van der Waals surface area contributed by atoms with Crippen LogP contribution in [0.3, 0.4) is 0 Å². The van der Waals surface area contributed by atoms with Gasteiger partial charge in [-0.2, -0.15) is 0 Å². The van der Waals surface area contributed by atoms with Crippen LogP contribution >= 0.6 is 23.2 Å². The Morgan fingerprint density at radius 2 is 1.96 bits per heavy atom. The van der Waals surface area contributed by atoms with Crippen molar-refractivity contribution in [3.8, 4) is 0 Å². The van der Waals surface area contributed by atoms with Gasteiger partial charge >= 0.3 is 0 Å². The number of nitrogens with one attached hydrogen (secondary N) is 1. The minimum atomic E-state index is -3.80. The molecule has 0 aliphatic carbocycles. The Morgan fingerprint density at radius 1 is 1.27 bits per heavy atom. The standard InChI is InChI=1S/C17H20Cl2N2O4S/c1-11(6-7-12-5-4-8-25-12)20-17(22)13-9-16(15(19)10-14(13)18)26(23,24)21(2)3/h4-5,8-11H,6-7H2,1-3H3,(H,20,22). The van der Waals surface area contributed by atoms with Gasteiger partial charge in [0, 0.05) is 26.6 Å². The van der Waals surface area contributed by atoms with Crippen molar-refractivity contribution in [3.63, 3.8) is 0 Å². The summed E-state index contributed by atoms with van der Waals surface area (Å²) < 4.78 is 31.0. The highest BCUT2D eigenvalue weighted by atomic mass is 35.5. The molecule has 1 unspecified atom stereocenters. The lowest BCUT2D eigenvalue weighted by molar-refractivity contribution is 0.0938. The second kappa shape index (κ2) is 8.43. The maximum absolute atomic E-state index is 12.5. The number of rotatable bonds is 7. The van der Waals surface area contributed by atoms with Gasteiger partial charge in [0.25, 0.3) is 5.91 Å². The third-order valence-corrected chi connectivity index (χ3v) is 6.40. The van der Waals surface area contributed by atoms with Crippen molar-refractivity contribution < 1.29 is 17.6 Å². The largest absolute Gasteiger partial charge is 0.469 e. The van der Waals surface area contributed by atoms with E-state index in [1.807, 2.05) is 13.0 Å². The molecule has 0 radical (unpaired) electrons. The van der Waals surface area contributed by atoms with E-state index in [0.717, 1.165) is 10.1 Å². The van der Waals surface area contributed by atoms with Crippen LogP contribution in [-0.2, 0) is 16.4 Å². The van der Waals surface area contributed by atoms with Crippen LogP contribution in [0.15, 0.2) is 39.8 Å². The Kier molecular flexibility index (Phi) is 6.74. The average molecular weight is 419 g/mol. The van der Waals surface area contributed by atoms with Crippen molar-refractivity contribution >= 4 is 39.1 Å². The summed E-state index contributed by atoms with van der Waals surface area (Å²) in [4.78, 5) is 12.4. The van der Waals surface area contributed by atoms with Crippen LogP contribution in [0.4, 0.5) is 0 Å². The summed E-state index contributed by atoms with van der Waals surface area (Å²) in [5.74, 6) is 0.365. The molecule has 1 atom stereocenters. The molecule has 0 saturated carbocycles. The van der Waals surface area contributed by atoms with Gasteiger partial charge in [-0.3, -0.25) is 4.79 Å². The maximum atomic E-state index is 12.5. The Balaban J connectivity index is 2.17. The fraction of sp³-hybridized carbons (Fsp3) is 0.353. The molecule has 142 valence electrons. The quantitative estimate of drug-likeness (QED) is 0.744. The van der Waals surface area contributed by atoms with E-state index in [1.54, 1.807) is 12.3 Å². The Hall–Kier alpha value is -1.54. The molecule has 1 aromatic carbocycles. The van der Waals surface area contributed by atoms with E-state index in [1.165, 1.54) is 26.2 Å². The minimum Gasteiger partial charge on any atom is -0.469 e. The van der Waals surface area contributed by atoms with Crippen LogP contribution < -0.4 is 5.32 Å². The lowest BCUT2D eigenvalue weighted by Gasteiger charge is -2.17. The predicted octanol–water partition coefficient (Wildman–Crippen LogP) is 3.59. The molecule has 1 amide bonds. The molecule has 0 aliphatic heterocycles. The fourth-order valence-electron chi connectivity index (χ4n) is 2.28. The number of sulfonamides is 1. The smallest absolute Gasteiger partial charge is 0.253 e. The monoisotopic (exact) mass is 418 g/mol. The topological polar surface area (TPSA) is 79.6 Å². The molecule has 0 aliphatic rings. The zero-order chi connectivity index (χ0) is 19.5. The Bertz CT molecular complexity index is 880. The molecule has 1 heterocycles. The van der Waals surface area contributed by atoms with Gasteiger partial charge < -0.3 is 9.73 Å². The zero-order valence-corrected chi connectivity index (χ0v) is 17.0. The van der Waals surface area contributed by atoms with Crippen LogP contribution in [0.25, 0.3) is 0 Å². The van der Waals surface area contributed by atoms with Gasteiger partial charge in [-0.15, -0.1) is 0 Å². The molecule has 2 aromatic rings. The van der Waals surface area contributed by atoms with Crippen molar-refractivity contribution in [2.75, 3.05) is 14.1 Å². The van der Waals surface area contributed by atoms with Gasteiger partial charge in [-0.25, -0.2) is 12.7 Å². The molecule has 1 aromatic heterocycles. The second-order valence-electron chi connectivity index (χ2n) is 6.04. The van der Waals surface area contributed by atoms with E-state index in [9.17, 15) is 13.2 Å². The Morgan fingerprint density at radius 3 is 2.54 bits per heavy atom. The number of halogens is 2. The zero-order valence-electron chi connectivity index (χ0n) is 14.6. The number of hydrogen-bond acceptors (Lipinski definition) is 4. The fourth-order valence-corrected chi connectivity index (χ4v) is 4.01. The molecule has 9 heteroatoms. The summed E-state index contributed by atoms with van der Waals surface area (Å²) in [6.45, 7) is 1.85. The SMILES string of the molecule is CC(CCc1ccco1)NC(=O)c1cc(S(=O)(=O)N(C)C)c(Cl)cc1Cl. The van der Waals surface area contributed by atoms with E-state index in [4.69, 9.17) is 27.6 Å². The summed E-state index contributed by atoms with van der Waals surface area (Å²) >= 11 is 12.1. The third-order valence-electron chi connectivity index (χ3n) is 3.81. The molecular formula is C17H20Cl2N2O4S. The number of nitrogens with zero attached hydrogens (tertiary/aromatic N) is 1. The number of carbonyl (C=O) groups is 1. The van der Waals surface area contributed by atoms with Gasteiger partial charge in [0.05, 0.1) is 21.9 Å². The molecule has 1 N–H and O–H groups in total. The first kappa shape index (κ1) is 20.8. The van der Waals surface area contributed by atoms with Crippen LogP contribution in [0.1, 0.15) is 29.5 Å².